The lowest BCUT2D eigenvalue weighted by atomic mass is 9.64. The molecule has 0 aromatic heterocycles. The Kier molecular flexibility index (Phi) is 5.17. The molecule has 3 heteroatoms. The van der Waals surface area contributed by atoms with Crippen molar-refractivity contribution in [2.24, 2.45) is 0 Å². The first-order valence-corrected chi connectivity index (χ1v) is 14.0. The van der Waals surface area contributed by atoms with Crippen molar-refractivity contribution < 1.29 is 0 Å². The van der Waals surface area contributed by atoms with Crippen LogP contribution in [0.15, 0.2) is 140 Å². The van der Waals surface area contributed by atoms with E-state index in [2.05, 4.69) is 137 Å². The third kappa shape index (κ3) is 3.14. The molecule has 0 fully saturated rings. The Morgan fingerprint density at radius 2 is 1.10 bits per heavy atom. The van der Waals surface area contributed by atoms with Crippen molar-refractivity contribution >= 4 is 22.7 Å². The van der Waals surface area contributed by atoms with Gasteiger partial charge in [-0.15, -0.1) is 0 Å². The maximum atomic E-state index is 9.76. The van der Waals surface area contributed by atoms with Crippen LogP contribution in [0, 0.1) is 17.9 Å². The van der Waals surface area contributed by atoms with Crippen LogP contribution in [0.4, 0.5) is 22.7 Å². The molecule has 0 radical (unpaired) electrons. The van der Waals surface area contributed by atoms with E-state index in [1.165, 1.54) is 33.4 Å². The molecule has 8 rings (SSSR count). The zero-order chi connectivity index (χ0) is 28.3. The van der Waals surface area contributed by atoms with Gasteiger partial charge >= 0.3 is 0 Å². The highest BCUT2D eigenvalue weighted by Crippen LogP contribution is 2.63. The maximum absolute atomic E-state index is 9.76. The molecular weight excluding hydrogens is 510 g/mol. The van der Waals surface area contributed by atoms with Gasteiger partial charge in [0.25, 0.3) is 0 Å². The summed E-state index contributed by atoms with van der Waals surface area (Å²) in [5.41, 5.74) is 13.4. The molecule has 3 nitrogen and oxygen atoms in total. The van der Waals surface area contributed by atoms with Crippen LogP contribution in [0.5, 0.6) is 0 Å². The van der Waals surface area contributed by atoms with Crippen molar-refractivity contribution in [2.75, 3.05) is 4.90 Å². The van der Waals surface area contributed by atoms with Crippen LogP contribution in [0.2, 0.25) is 0 Å². The van der Waals surface area contributed by atoms with Crippen LogP contribution in [0.3, 0.4) is 0 Å². The number of para-hydroxylation sites is 2. The van der Waals surface area contributed by atoms with E-state index in [0.29, 0.717) is 11.3 Å². The van der Waals surface area contributed by atoms with Gasteiger partial charge in [0, 0.05) is 11.3 Å². The summed E-state index contributed by atoms with van der Waals surface area (Å²) in [5.74, 6) is 0. The van der Waals surface area contributed by atoms with E-state index < -0.39 is 5.41 Å². The van der Waals surface area contributed by atoms with Gasteiger partial charge in [0.15, 0.2) is 5.69 Å². The smallest absolute Gasteiger partial charge is 0.188 e. The molecule has 0 unspecified atom stereocenters. The number of hydrogen-bond donors (Lipinski definition) is 0. The van der Waals surface area contributed by atoms with Crippen molar-refractivity contribution in [3.05, 3.63) is 179 Å². The lowest BCUT2D eigenvalue weighted by molar-refractivity contribution is 0.752. The van der Waals surface area contributed by atoms with Crippen molar-refractivity contribution in [1.82, 2.24) is 0 Å². The van der Waals surface area contributed by atoms with E-state index in [4.69, 9.17) is 6.57 Å². The number of benzene rings is 6. The molecule has 0 amide bonds. The molecule has 1 aliphatic heterocycles. The van der Waals surface area contributed by atoms with Gasteiger partial charge in [-0.1, -0.05) is 109 Å². The fraction of sp³-hybridized carbons (Fsp3) is 0.0256. The van der Waals surface area contributed by atoms with Gasteiger partial charge in [0.1, 0.15) is 0 Å². The average molecular weight is 534 g/mol. The van der Waals surface area contributed by atoms with Gasteiger partial charge in [-0.05, 0) is 74.8 Å². The zero-order valence-corrected chi connectivity index (χ0v) is 22.6. The SMILES string of the molecule is [C-]#[N+]c1ccc(-c2ccc(N3c4ccccc4C4(c5ccccc5-c5ccccc54)c4ccccc43)cc2)c(C#N)c1. The Hall–Kier alpha value is -5.90. The number of anilines is 3. The minimum Gasteiger partial charge on any atom is -0.310 e. The lowest BCUT2D eigenvalue weighted by Crippen LogP contribution is -2.36. The molecule has 0 atom stereocenters. The van der Waals surface area contributed by atoms with Crippen molar-refractivity contribution in [2.45, 2.75) is 5.41 Å². The Morgan fingerprint density at radius 3 is 1.64 bits per heavy atom. The first-order valence-electron chi connectivity index (χ1n) is 14.0. The van der Waals surface area contributed by atoms with E-state index in [0.717, 1.165) is 28.2 Å². The molecule has 2 aliphatic rings. The Labute approximate surface area is 245 Å². The predicted octanol–water partition coefficient (Wildman–Crippen LogP) is 9.92. The largest absolute Gasteiger partial charge is 0.310 e. The minimum atomic E-state index is -0.427. The van der Waals surface area contributed by atoms with Gasteiger partial charge in [0.2, 0.25) is 0 Å². The molecular formula is C39H23N3. The minimum absolute atomic E-state index is 0.427. The Bertz CT molecular complexity index is 2030. The van der Waals surface area contributed by atoms with Crippen LogP contribution in [0.25, 0.3) is 27.1 Å². The van der Waals surface area contributed by atoms with Gasteiger partial charge in [-0.2, -0.15) is 5.26 Å². The summed E-state index contributed by atoms with van der Waals surface area (Å²) in [5, 5.41) is 9.76. The number of nitrogens with zero attached hydrogens (tertiary/aromatic N) is 3. The molecule has 0 saturated heterocycles. The van der Waals surface area contributed by atoms with E-state index in [-0.39, 0.29) is 0 Å². The third-order valence-electron chi connectivity index (χ3n) is 8.74. The maximum Gasteiger partial charge on any atom is 0.188 e. The fourth-order valence-corrected chi connectivity index (χ4v) is 7.08. The molecule has 1 heterocycles. The van der Waals surface area contributed by atoms with Crippen LogP contribution in [0.1, 0.15) is 27.8 Å². The summed E-state index contributed by atoms with van der Waals surface area (Å²) in [6.07, 6.45) is 0. The topological polar surface area (TPSA) is 31.4 Å². The third-order valence-corrected chi connectivity index (χ3v) is 8.74. The number of nitriles is 1. The quantitative estimate of drug-likeness (QED) is 0.207. The summed E-state index contributed by atoms with van der Waals surface area (Å²) in [6.45, 7) is 7.30. The van der Waals surface area contributed by atoms with E-state index in [1.54, 1.807) is 12.1 Å². The second-order valence-corrected chi connectivity index (χ2v) is 10.7. The second-order valence-electron chi connectivity index (χ2n) is 10.7. The van der Waals surface area contributed by atoms with E-state index >= 15 is 0 Å². The average Bonchev–Trinajstić information content (AvgIpc) is 3.36. The fourth-order valence-electron chi connectivity index (χ4n) is 7.08. The summed E-state index contributed by atoms with van der Waals surface area (Å²) in [4.78, 5) is 5.84. The molecule has 1 aliphatic carbocycles. The molecule has 42 heavy (non-hydrogen) atoms. The summed E-state index contributed by atoms with van der Waals surface area (Å²) >= 11 is 0. The van der Waals surface area contributed by atoms with Crippen molar-refractivity contribution in [3.63, 3.8) is 0 Å². The number of fused-ring (bicyclic) bond motifs is 9. The van der Waals surface area contributed by atoms with Gasteiger partial charge in [0.05, 0.1) is 29.4 Å². The van der Waals surface area contributed by atoms with Crippen molar-refractivity contribution in [3.8, 4) is 28.3 Å². The number of hydrogen-bond acceptors (Lipinski definition) is 2. The zero-order valence-electron chi connectivity index (χ0n) is 22.6. The molecule has 0 N–H and O–H groups in total. The van der Waals surface area contributed by atoms with Gasteiger partial charge in [-0.25, -0.2) is 4.85 Å². The predicted molar refractivity (Wildman–Crippen MR) is 168 cm³/mol. The van der Waals surface area contributed by atoms with Crippen LogP contribution in [-0.4, -0.2) is 0 Å². The highest BCUT2D eigenvalue weighted by atomic mass is 15.2. The Morgan fingerprint density at radius 1 is 0.571 bits per heavy atom. The van der Waals surface area contributed by atoms with E-state index in [1.807, 2.05) is 6.07 Å². The molecule has 0 bridgehead atoms. The summed E-state index contributed by atoms with van der Waals surface area (Å²) in [6, 6.07) is 51.1. The molecule has 6 aromatic rings. The highest BCUT2D eigenvalue weighted by Gasteiger charge is 2.51. The van der Waals surface area contributed by atoms with E-state index in [9.17, 15) is 5.26 Å². The highest BCUT2D eigenvalue weighted by molar-refractivity contribution is 5.95. The monoisotopic (exact) mass is 533 g/mol. The molecule has 194 valence electrons. The van der Waals surface area contributed by atoms with Crippen molar-refractivity contribution in [1.29, 1.82) is 5.26 Å². The molecule has 6 aromatic carbocycles. The normalized spacial score (nSPS) is 13.3. The summed E-state index contributed by atoms with van der Waals surface area (Å²) < 4.78 is 0. The van der Waals surface area contributed by atoms with Crippen LogP contribution < -0.4 is 4.90 Å². The standard InChI is InChI=1S/C39H23N3/c1-41-28-20-23-30(27(24-28)25-40)26-18-21-29(22-19-26)42-37-16-8-6-14-35(37)39(36-15-7-9-17-38(36)42)33-12-4-2-10-31(33)32-11-3-5-13-34(32)39/h2-24H. The Balaban J connectivity index is 1.35. The van der Waals surface area contributed by atoms with Gasteiger partial charge in [-0.3, -0.25) is 0 Å². The number of rotatable bonds is 2. The van der Waals surface area contributed by atoms with Gasteiger partial charge < -0.3 is 4.90 Å². The first kappa shape index (κ1) is 23.9. The summed E-state index contributed by atoms with van der Waals surface area (Å²) in [7, 11) is 0. The van der Waals surface area contributed by atoms with Crippen LogP contribution in [-0.2, 0) is 5.41 Å². The second kappa shape index (κ2) is 9.07. The molecule has 1 spiro atoms. The molecule has 0 saturated carbocycles. The lowest BCUT2D eigenvalue weighted by Gasteiger charge is -2.45. The first-order chi connectivity index (χ1) is 20.8. The van der Waals surface area contributed by atoms with Crippen LogP contribution >= 0.6 is 0 Å².